The van der Waals surface area contributed by atoms with E-state index in [4.69, 9.17) is 6.42 Å². The van der Waals surface area contributed by atoms with Gasteiger partial charge < -0.3 is 5.11 Å². The van der Waals surface area contributed by atoms with E-state index >= 15 is 0 Å². The van der Waals surface area contributed by atoms with E-state index < -0.39 is 6.10 Å². The Morgan fingerprint density at radius 2 is 1.96 bits per heavy atom. The lowest BCUT2D eigenvalue weighted by molar-refractivity contribution is -0.164. The maximum absolute atomic E-state index is 13.1. The predicted octanol–water partition coefficient (Wildman–Crippen LogP) is 3.00. The molecule has 24 heavy (non-hydrogen) atoms. The number of hydrogen-bond donors (Lipinski definition) is 1. The Balaban J connectivity index is 1.70. The molecule has 0 aliphatic heterocycles. The van der Waals surface area contributed by atoms with Crippen molar-refractivity contribution in [1.29, 1.82) is 0 Å². The van der Waals surface area contributed by atoms with Gasteiger partial charge in [-0.3, -0.25) is 9.59 Å². The fraction of sp³-hybridized carbons (Fsp3) is 0.810. The van der Waals surface area contributed by atoms with Gasteiger partial charge in [0.15, 0.2) is 0 Å². The van der Waals surface area contributed by atoms with Crippen LogP contribution in [-0.2, 0) is 9.59 Å². The van der Waals surface area contributed by atoms with Crippen molar-refractivity contribution >= 4 is 11.6 Å². The molecule has 0 heterocycles. The van der Waals surface area contributed by atoms with Gasteiger partial charge in [-0.2, -0.15) is 0 Å². The molecule has 0 unspecified atom stereocenters. The summed E-state index contributed by atoms with van der Waals surface area (Å²) in [6.07, 6.45) is 10.6. The van der Waals surface area contributed by atoms with Crippen molar-refractivity contribution < 1.29 is 14.7 Å². The molecule has 4 saturated carbocycles. The number of hydrogen-bond acceptors (Lipinski definition) is 3. The van der Waals surface area contributed by atoms with Gasteiger partial charge in [-0.05, 0) is 55.3 Å². The van der Waals surface area contributed by atoms with Crippen molar-refractivity contribution in [3.63, 3.8) is 0 Å². The van der Waals surface area contributed by atoms with Crippen molar-refractivity contribution in [1.82, 2.24) is 0 Å². The minimum absolute atomic E-state index is 0.0156. The molecular weight excluding hydrogens is 300 g/mol. The third-order valence-electron chi connectivity index (χ3n) is 8.44. The molecule has 0 bridgehead atoms. The van der Waals surface area contributed by atoms with E-state index in [1.807, 2.05) is 0 Å². The third kappa shape index (κ3) is 1.96. The number of aliphatic hydroxyl groups is 1. The average molecular weight is 328 g/mol. The Bertz CT molecular complexity index is 631. The summed E-state index contributed by atoms with van der Waals surface area (Å²) in [7, 11) is 0. The maximum Gasteiger partial charge on any atom is 0.139 e. The second-order valence-corrected chi connectivity index (χ2v) is 9.31. The summed E-state index contributed by atoms with van der Waals surface area (Å²) in [6.45, 7) is 4.37. The van der Waals surface area contributed by atoms with Gasteiger partial charge in [-0.25, -0.2) is 0 Å². The van der Waals surface area contributed by atoms with Gasteiger partial charge in [0.05, 0.1) is 6.10 Å². The van der Waals surface area contributed by atoms with Gasteiger partial charge >= 0.3 is 0 Å². The van der Waals surface area contributed by atoms with Crippen molar-refractivity contribution in [3.05, 3.63) is 0 Å². The van der Waals surface area contributed by atoms with Crippen LogP contribution in [0.25, 0.3) is 0 Å². The second kappa shape index (κ2) is 5.18. The summed E-state index contributed by atoms with van der Waals surface area (Å²) in [5.41, 5.74) is -0.299. The lowest BCUT2D eigenvalue weighted by Crippen LogP contribution is -2.58. The van der Waals surface area contributed by atoms with E-state index in [1.54, 1.807) is 0 Å². The predicted molar refractivity (Wildman–Crippen MR) is 90.8 cm³/mol. The number of carbonyl (C=O) groups excluding carboxylic acids is 2. The molecule has 0 amide bonds. The van der Waals surface area contributed by atoms with Crippen molar-refractivity contribution in [3.8, 4) is 12.3 Å². The molecule has 0 aromatic heterocycles. The number of fused-ring (bicyclic) bond motifs is 5. The van der Waals surface area contributed by atoms with E-state index in [0.29, 0.717) is 36.7 Å². The van der Waals surface area contributed by atoms with Crippen LogP contribution < -0.4 is 0 Å². The molecule has 4 aliphatic rings. The van der Waals surface area contributed by atoms with Gasteiger partial charge in [0.1, 0.15) is 11.6 Å². The molecule has 4 fully saturated rings. The van der Waals surface area contributed by atoms with E-state index in [-0.39, 0.29) is 34.5 Å². The molecule has 3 nitrogen and oxygen atoms in total. The maximum atomic E-state index is 13.1. The smallest absolute Gasteiger partial charge is 0.139 e. The van der Waals surface area contributed by atoms with Crippen LogP contribution in [0.2, 0.25) is 0 Å². The van der Waals surface area contributed by atoms with Gasteiger partial charge in [-0.15, -0.1) is 12.3 Å². The van der Waals surface area contributed by atoms with Crippen LogP contribution in [0.3, 0.4) is 0 Å². The van der Waals surface area contributed by atoms with Gasteiger partial charge in [0.25, 0.3) is 0 Å². The molecule has 0 aromatic carbocycles. The summed E-state index contributed by atoms with van der Waals surface area (Å²) < 4.78 is 0. The Morgan fingerprint density at radius 3 is 2.67 bits per heavy atom. The molecule has 130 valence electrons. The monoisotopic (exact) mass is 328 g/mol. The van der Waals surface area contributed by atoms with Crippen LogP contribution in [0, 0.1) is 52.8 Å². The van der Waals surface area contributed by atoms with Crippen LogP contribution in [0.4, 0.5) is 0 Å². The molecule has 4 rings (SSSR count). The van der Waals surface area contributed by atoms with E-state index in [1.165, 1.54) is 0 Å². The largest absolute Gasteiger partial charge is 0.392 e. The van der Waals surface area contributed by atoms with Crippen molar-refractivity contribution in [2.75, 3.05) is 0 Å². The summed E-state index contributed by atoms with van der Waals surface area (Å²) in [5.74, 6) is 4.18. The highest BCUT2D eigenvalue weighted by atomic mass is 16.3. The molecule has 4 aliphatic carbocycles. The first-order valence-corrected chi connectivity index (χ1v) is 9.51. The number of rotatable bonds is 0. The fourth-order valence-corrected chi connectivity index (χ4v) is 6.92. The Kier molecular flexibility index (Phi) is 3.52. The first-order valence-electron chi connectivity index (χ1n) is 9.51. The van der Waals surface area contributed by atoms with E-state index in [9.17, 15) is 14.7 Å². The lowest BCUT2D eigenvalue weighted by Gasteiger charge is -2.59. The summed E-state index contributed by atoms with van der Waals surface area (Å²) in [4.78, 5) is 25.5. The third-order valence-corrected chi connectivity index (χ3v) is 8.44. The van der Waals surface area contributed by atoms with Crippen molar-refractivity contribution in [2.45, 2.75) is 64.9 Å². The zero-order valence-electron chi connectivity index (χ0n) is 14.8. The summed E-state index contributed by atoms with van der Waals surface area (Å²) in [5, 5.41) is 10.5. The van der Waals surface area contributed by atoms with E-state index in [2.05, 4.69) is 19.8 Å². The number of ketones is 2. The fourth-order valence-electron chi connectivity index (χ4n) is 6.92. The number of terminal acetylenes is 1. The van der Waals surface area contributed by atoms with Crippen LogP contribution in [0.5, 0.6) is 0 Å². The van der Waals surface area contributed by atoms with Crippen LogP contribution >= 0.6 is 0 Å². The molecule has 0 radical (unpaired) electrons. The Morgan fingerprint density at radius 1 is 1.21 bits per heavy atom. The first kappa shape index (κ1) is 16.3. The zero-order valence-corrected chi connectivity index (χ0v) is 14.8. The SMILES string of the molecule is C#C[C@@H]1C[C@@H]2CC(=O)[C@@H]3[C@H](CC[C@]4(C)C(=O)CC[C@@H]34)[C@@]2(C)C[C@@H]1O. The zero-order chi connectivity index (χ0) is 17.3. The average Bonchev–Trinajstić information content (AvgIpc) is 2.83. The van der Waals surface area contributed by atoms with Gasteiger partial charge in [-0.1, -0.05) is 13.8 Å². The topological polar surface area (TPSA) is 54.4 Å². The lowest BCUT2D eigenvalue weighted by atomic mass is 9.44. The standard InChI is InChI=1S/C21H28O3/c1-4-12-9-13-10-16(22)19-14-5-6-18(24)20(14,2)8-7-15(19)21(13,3)11-17(12)23/h1,12-15,17,19,23H,5-11H2,2-3H3/t12-,13-,14+,15+,17+,19+,20+,21+/m1/s1. The summed E-state index contributed by atoms with van der Waals surface area (Å²) in [6, 6.07) is 0. The van der Waals surface area contributed by atoms with Crippen molar-refractivity contribution in [2.24, 2.45) is 40.4 Å². The van der Waals surface area contributed by atoms with Gasteiger partial charge in [0, 0.05) is 30.1 Å². The highest BCUT2D eigenvalue weighted by Gasteiger charge is 2.63. The molecule has 1 N–H and O–H groups in total. The quantitative estimate of drug-likeness (QED) is 0.696. The van der Waals surface area contributed by atoms with Crippen LogP contribution in [-0.4, -0.2) is 22.8 Å². The molecule has 0 saturated heterocycles. The highest BCUT2D eigenvalue weighted by molar-refractivity contribution is 5.90. The number of carbonyl (C=O) groups is 2. The molecule has 8 atom stereocenters. The highest BCUT2D eigenvalue weighted by Crippen LogP contribution is 2.64. The Hall–Kier alpha value is -1.14. The van der Waals surface area contributed by atoms with E-state index in [0.717, 1.165) is 25.7 Å². The minimum atomic E-state index is -0.455. The molecular formula is C21H28O3. The molecule has 3 heteroatoms. The number of Topliss-reactive ketones (excluding diaryl/α,β-unsaturated/α-hetero) is 2. The normalized spacial score (nSPS) is 53.8. The van der Waals surface area contributed by atoms with Gasteiger partial charge in [0.2, 0.25) is 0 Å². The second-order valence-electron chi connectivity index (χ2n) is 9.31. The number of aliphatic hydroxyl groups excluding tert-OH is 1. The Labute approximate surface area is 144 Å². The molecule has 0 spiro atoms. The minimum Gasteiger partial charge on any atom is -0.392 e. The summed E-state index contributed by atoms with van der Waals surface area (Å²) >= 11 is 0. The van der Waals surface area contributed by atoms with Crippen LogP contribution in [0.15, 0.2) is 0 Å². The molecule has 0 aromatic rings. The van der Waals surface area contributed by atoms with Crippen LogP contribution in [0.1, 0.15) is 58.8 Å². The first-order chi connectivity index (χ1) is 11.3.